The Labute approximate surface area is 125 Å². The van der Waals surface area contributed by atoms with Gasteiger partial charge in [0.15, 0.2) is 0 Å². The topological polar surface area (TPSA) is 58.1 Å². The summed E-state index contributed by atoms with van der Waals surface area (Å²) in [6, 6.07) is 0.324. The minimum atomic E-state index is 0.287. The van der Waals surface area contributed by atoms with Crippen LogP contribution in [-0.4, -0.2) is 33.9 Å². The average Bonchev–Trinajstić information content (AvgIpc) is 2.98. The molecule has 5 nitrogen and oxygen atoms in total. The van der Waals surface area contributed by atoms with Crippen LogP contribution in [0.3, 0.4) is 0 Å². The van der Waals surface area contributed by atoms with E-state index in [1.165, 1.54) is 12.8 Å². The summed E-state index contributed by atoms with van der Waals surface area (Å²) in [6.45, 7) is 2.58. The first kappa shape index (κ1) is 13.2. The van der Waals surface area contributed by atoms with Crippen molar-refractivity contribution in [1.29, 1.82) is 0 Å². The highest BCUT2D eigenvalue weighted by Gasteiger charge is 2.32. The van der Waals surface area contributed by atoms with Crippen molar-refractivity contribution in [2.75, 3.05) is 13.1 Å². The highest BCUT2D eigenvalue weighted by Crippen LogP contribution is 2.30. The van der Waals surface area contributed by atoms with Crippen molar-refractivity contribution in [3.8, 4) is 0 Å². The average molecular weight is 286 g/mol. The standard InChI is InChI=1S/C16H22N4O/c21-16(11-3-1-4-11)20-8-6-13-12(10-20)9-18-15(19-13)14-5-2-7-17-14/h9,11,14,17H,1-8,10H2. The number of aromatic nitrogens is 2. The smallest absolute Gasteiger partial charge is 0.225 e. The maximum atomic E-state index is 12.3. The van der Waals surface area contributed by atoms with Crippen molar-refractivity contribution in [2.45, 2.75) is 51.1 Å². The molecule has 4 rings (SSSR count). The third-order valence-corrected chi connectivity index (χ3v) is 5.09. The predicted molar refractivity (Wildman–Crippen MR) is 78.5 cm³/mol. The molecule has 1 aromatic heterocycles. The van der Waals surface area contributed by atoms with Crippen molar-refractivity contribution in [3.05, 3.63) is 23.3 Å². The van der Waals surface area contributed by atoms with Gasteiger partial charge in [-0.3, -0.25) is 4.79 Å². The van der Waals surface area contributed by atoms with E-state index in [-0.39, 0.29) is 5.92 Å². The summed E-state index contributed by atoms with van der Waals surface area (Å²) in [7, 11) is 0. The summed E-state index contributed by atoms with van der Waals surface area (Å²) in [5.74, 6) is 1.56. The van der Waals surface area contributed by atoms with Crippen LogP contribution >= 0.6 is 0 Å². The summed E-state index contributed by atoms with van der Waals surface area (Å²) in [4.78, 5) is 23.6. The summed E-state index contributed by atoms with van der Waals surface area (Å²) in [5.41, 5.74) is 2.28. The number of hydrogen-bond donors (Lipinski definition) is 1. The summed E-state index contributed by atoms with van der Waals surface area (Å²) >= 11 is 0. The van der Waals surface area contributed by atoms with E-state index >= 15 is 0 Å². The maximum Gasteiger partial charge on any atom is 0.225 e. The molecule has 3 heterocycles. The SMILES string of the molecule is O=C(C1CCC1)N1CCc2nc(C3CCCN3)ncc2C1. The van der Waals surface area contributed by atoms with Gasteiger partial charge in [-0.2, -0.15) is 0 Å². The van der Waals surface area contributed by atoms with Gasteiger partial charge in [-0.25, -0.2) is 9.97 Å². The van der Waals surface area contributed by atoms with Crippen LogP contribution < -0.4 is 5.32 Å². The zero-order chi connectivity index (χ0) is 14.2. The van der Waals surface area contributed by atoms with Crippen molar-refractivity contribution < 1.29 is 4.79 Å². The predicted octanol–water partition coefficient (Wildman–Crippen LogP) is 1.59. The van der Waals surface area contributed by atoms with E-state index in [4.69, 9.17) is 4.98 Å². The lowest BCUT2D eigenvalue weighted by Crippen LogP contribution is -2.42. The third kappa shape index (κ3) is 2.44. The number of nitrogens with zero attached hydrogens (tertiary/aromatic N) is 3. The van der Waals surface area contributed by atoms with Crippen LogP contribution in [-0.2, 0) is 17.8 Å². The van der Waals surface area contributed by atoms with Gasteiger partial charge in [0.1, 0.15) is 5.82 Å². The summed E-state index contributed by atoms with van der Waals surface area (Å²) in [6.07, 6.45) is 8.51. The Morgan fingerprint density at radius 1 is 1.29 bits per heavy atom. The van der Waals surface area contributed by atoms with Crippen LogP contribution in [0.5, 0.6) is 0 Å². The van der Waals surface area contributed by atoms with E-state index in [0.29, 0.717) is 18.5 Å². The zero-order valence-corrected chi connectivity index (χ0v) is 12.3. The number of carbonyl (C=O) groups is 1. The van der Waals surface area contributed by atoms with Crippen molar-refractivity contribution >= 4 is 5.91 Å². The Morgan fingerprint density at radius 3 is 2.90 bits per heavy atom. The van der Waals surface area contributed by atoms with Gasteiger partial charge in [-0.15, -0.1) is 0 Å². The summed E-state index contributed by atoms with van der Waals surface area (Å²) < 4.78 is 0. The number of carbonyl (C=O) groups excluding carboxylic acids is 1. The number of rotatable bonds is 2. The van der Waals surface area contributed by atoms with Gasteiger partial charge < -0.3 is 10.2 Å². The van der Waals surface area contributed by atoms with Crippen molar-refractivity contribution in [1.82, 2.24) is 20.2 Å². The molecule has 0 aromatic carbocycles. The van der Waals surface area contributed by atoms with E-state index in [1.807, 2.05) is 11.1 Å². The van der Waals surface area contributed by atoms with Crippen molar-refractivity contribution in [2.24, 2.45) is 5.92 Å². The second kappa shape index (κ2) is 5.37. The molecule has 1 saturated carbocycles. The molecule has 1 amide bonds. The molecule has 3 aliphatic rings. The first-order chi connectivity index (χ1) is 10.3. The molecular formula is C16H22N4O. The highest BCUT2D eigenvalue weighted by atomic mass is 16.2. The number of hydrogen-bond acceptors (Lipinski definition) is 4. The second-order valence-corrected chi connectivity index (χ2v) is 6.49. The fourth-order valence-electron chi connectivity index (χ4n) is 3.51. The molecule has 1 saturated heterocycles. The Kier molecular flexibility index (Phi) is 3.37. The first-order valence-electron chi connectivity index (χ1n) is 8.18. The van der Waals surface area contributed by atoms with Gasteiger partial charge in [0.05, 0.1) is 11.7 Å². The molecule has 112 valence electrons. The molecule has 1 unspecified atom stereocenters. The first-order valence-corrected chi connectivity index (χ1v) is 8.18. The monoisotopic (exact) mass is 286 g/mol. The Hall–Kier alpha value is -1.49. The second-order valence-electron chi connectivity index (χ2n) is 6.49. The molecule has 5 heteroatoms. The van der Waals surface area contributed by atoms with Gasteiger partial charge in [0.25, 0.3) is 0 Å². The van der Waals surface area contributed by atoms with Gasteiger partial charge in [0.2, 0.25) is 5.91 Å². The zero-order valence-electron chi connectivity index (χ0n) is 12.3. The molecule has 1 aromatic rings. The fraction of sp³-hybridized carbons (Fsp3) is 0.688. The largest absolute Gasteiger partial charge is 0.338 e. The Morgan fingerprint density at radius 2 is 2.19 bits per heavy atom. The van der Waals surface area contributed by atoms with E-state index in [0.717, 1.165) is 55.9 Å². The molecule has 0 bridgehead atoms. The van der Waals surface area contributed by atoms with Crippen LogP contribution in [0.25, 0.3) is 0 Å². The lowest BCUT2D eigenvalue weighted by Gasteiger charge is -2.34. The number of amides is 1. The lowest BCUT2D eigenvalue weighted by atomic mass is 9.84. The molecule has 2 aliphatic heterocycles. The number of fused-ring (bicyclic) bond motifs is 1. The minimum Gasteiger partial charge on any atom is -0.338 e. The molecule has 21 heavy (non-hydrogen) atoms. The fourth-order valence-corrected chi connectivity index (χ4v) is 3.51. The quantitative estimate of drug-likeness (QED) is 0.897. The molecule has 1 aliphatic carbocycles. The van der Waals surface area contributed by atoms with Gasteiger partial charge in [-0.05, 0) is 32.2 Å². The highest BCUT2D eigenvalue weighted by molar-refractivity contribution is 5.79. The summed E-state index contributed by atoms with van der Waals surface area (Å²) in [5, 5.41) is 3.45. The van der Waals surface area contributed by atoms with E-state index in [1.54, 1.807) is 0 Å². The normalized spacial score (nSPS) is 25.5. The van der Waals surface area contributed by atoms with Crippen LogP contribution in [0.15, 0.2) is 6.20 Å². The van der Waals surface area contributed by atoms with Crippen LogP contribution in [0.1, 0.15) is 55.2 Å². The van der Waals surface area contributed by atoms with Crippen molar-refractivity contribution in [3.63, 3.8) is 0 Å². The molecule has 1 atom stereocenters. The Balaban J connectivity index is 1.49. The molecule has 2 fully saturated rings. The molecule has 1 N–H and O–H groups in total. The number of nitrogens with one attached hydrogen (secondary N) is 1. The third-order valence-electron chi connectivity index (χ3n) is 5.09. The lowest BCUT2D eigenvalue weighted by molar-refractivity contribution is -0.139. The van der Waals surface area contributed by atoms with Crippen LogP contribution in [0.4, 0.5) is 0 Å². The molecular weight excluding hydrogens is 264 g/mol. The van der Waals surface area contributed by atoms with Gasteiger partial charge >= 0.3 is 0 Å². The van der Waals surface area contributed by atoms with Crippen LogP contribution in [0, 0.1) is 5.92 Å². The maximum absolute atomic E-state index is 12.3. The van der Waals surface area contributed by atoms with E-state index in [9.17, 15) is 4.79 Å². The molecule has 0 radical (unpaired) electrons. The van der Waals surface area contributed by atoms with E-state index < -0.39 is 0 Å². The Bertz CT molecular complexity index is 549. The van der Waals surface area contributed by atoms with Gasteiger partial charge in [0, 0.05) is 37.2 Å². The van der Waals surface area contributed by atoms with E-state index in [2.05, 4.69) is 10.3 Å². The molecule has 0 spiro atoms. The van der Waals surface area contributed by atoms with Gasteiger partial charge in [-0.1, -0.05) is 6.42 Å². The van der Waals surface area contributed by atoms with Crippen LogP contribution in [0.2, 0.25) is 0 Å². The minimum absolute atomic E-state index is 0.287.